The minimum Gasteiger partial charge on any atom is -0.466 e. The molecule has 0 saturated carbocycles. The highest BCUT2D eigenvalue weighted by Crippen LogP contribution is 2.35. The van der Waals surface area contributed by atoms with Gasteiger partial charge in [-0.2, -0.15) is 22.0 Å². The second-order valence-corrected chi connectivity index (χ2v) is 3.54. The van der Waals surface area contributed by atoms with E-state index < -0.39 is 37.1 Å². The molecular weight excluding hydrogens is 279 g/mol. The summed E-state index contributed by atoms with van der Waals surface area (Å²) < 4.78 is 68.4. The number of hydrogen-bond donors (Lipinski definition) is 0. The van der Waals surface area contributed by atoms with Crippen molar-refractivity contribution in [3.63, 3.8) is 0 Å². The molecular formula is C10H13F5O4. The Hall–Kier alpha value is -1.25. The number of carbonyl (C=O) groups is 2. The van der Waals surface area contributed by atoms with Crippen LogP contribution < -0.4 is 0 Å². The SMILES string of the molecule is CCOC(=O)CCC(=O)COCC(F)(F)C(F)(F)F. The number of ketones is 1. The third kappa shape index (κ3) is 7.04. The Balaban J connectivity index is 3.90. The first-order valence-electron chi connectivity index (χ1n) is 5.29. The third-order valence-corrected chi connectivity index (χ3v) is 1.87. The van der Waals surface area contributed by atoms with Gasteiger partial charge in [-0.25, -0.2) is 0 Å². The minimum atomic E-state index is -5.72. The molecule has 0 spiro atoms. The number of halogens is 5. The van der Waals surface area contributed by atoms with Crippen molar-refractivity contribution in [3.05, 3.63) is 0 Å². The minimum absolute atomic E-state index is 0.126. The van der Waals surface area contributed by atoms with Crippen LogP contribution in [-0.2, 0) is 19.1 Å². The van der Waals surface area contributed by atoms with Gasteiger partial charge in [0.2, 0.25) is 0 Å². The molecule has 0 aliphatic carbocycles. The molecule has 0 aromatic heterocycles. The van der Waals surface area contributed by atoms with Gasteiger partial charge in [0, 0.05) is 6.42 Å². The first-order chi connectivity index (χ1) is 8.60. The fourth-order valence-corrected chi connectivity index (χ4v) is 0.922. The van der Waals surface area contributed by atoms with Crippen LogP contribution in [0.2, 0.25) is 0 Å². The maximum Gasteiger partial charge on any atom is 0.455 e. The van der Waals surface area contributed by atoms with Gasteiger partial charge in [-0.3, -0.25) is 9.59 Å². The van der Waals surface area contributed by atoms with Crippen LogP contribution in [0.25, 0.3) is 0 Å². The zero-order valence-electron chi connectivity index (χ0n) is 10.1. The van der Waals surface area contributed by atoms with Crippen molar-refractivity contribution in [2.75, 3.05) is 19.8 Å². The van der Waals surface area contributed by atoms with Crippen LogP contribution in [0.1, 0.15) is 19.8 Å². The van der Waals surface area contributed by atoms with Gasteiger partial charge in [-0.1, -0.05) is 0 Å². The number of carbonyl (C=O) groups excluding carboxylic acids is 2. The third-order valence-electron chi connectivity index (χ3n) is 1.87. The molecule has 0 heterocycles. The van der Waals surface area contributed by atoms with Crippen molar-refractivity contribution in [1.29, 1.82) is 0 Å². The van der Waals surface area contributed by atoms with E-state index in [2.05, 4.69) is 9.47 Å². The molecule has 0 N–H and O–H groups in total. The summed E-state index contributed by atoms with van der Waals surface area (Å²) in [5.74, 6) is -6.42. The Morgan fingerprint density at radius 2 is 1.63 bits per heavy atom. The summed E-state index contributed by atoms with van der Waals surface area (Å²) in [5.41, 5.74) is 0. The zero-order chi connectivity index (χ0) is 15.1. The number of hydrogen-bond acceptors (Lipinski definition) is 4. The molecule has 0 bridgehead atoms. The molecule has 0 radical (unpaired) electrons. The molecule has 19 heavy (non-hydrogen) atoms. The lowest BCUT2D eigenvalue weighted by molar-refractivity contribution is -0.296. The standard InChI is InChI=1S/C10H13F5O4/c1-2-19-8(17)4-3-7(16)5-18-6-9(11,12)10(13,14)15/h2-6H2,1H3. The van der Waals surface area contributed by atoms with E-state index in [4.69, 9.17) is 0 Å². The highest BCUT2D eigenvalue weighted by Gasteiger charge is 2.57. The monoisotopic (exact) mass is 292 g/mol. The second kappa shape index (κ2) is 7.37. The van der Waals surface area contributed by atoms with Gasteiger partial charge in [0.25, 0.3) is 0 Å². The van der Waals surface area contributed by atoms with Gasteiger partial charge in [-0.05, 0) is 6.92 Å². The van der Waals surface area contributed by atoms with Gasteiger partial charge in [0.05, 0.1) is 13.0 Å². The van der Waals surface area contributed by atoms with E-state index in [1.807, 2.05) is 0 Å². The quantitative estimate of drug-likeness (QED) is 0.508. The maximum absolute atomic E-state index is 12.4. The van der Waals surface area contributed by atoms with E-state index in [1.165, 1.54) is 0 Å². The summed E-state index contributed by atoms with van der Waals surface area (Å²) in [6.07, 6.45) is -6.33. The van der Waals surface area contributed by atoms with Crippen LogP contribution in [0.5, 0.6) is 0 Å². The van der Waals surface area contributed by atoms with Crippen LogP contribution in [0, 0.1) is 0 Å². The fourth-order valence-electron chi connectivity index (χ4n) is 0.922. The van der Waals surface area contributed by atoms with Crippen LogP contribution in [0.4, 0.5) is 22.0 Å². The Morgan fingerprint density at radius 3 is 2.11 bits per heavy atom. The van der Waals surface area contributed by atoms with Gasteiger partial charge in [0.1, 0.15) is 13.2 Å². The summed E-state index contributed by atoms with van der Waals surface area (Å²) in [7, 11) is 0. The number of alkyl halides is 5. The van der Waals surface area contributed by atoms with E-state index in [0.717, 1.165) is 0 Å². The zero-order valence-corrected chi connectivity index (χ0v) is 10.1. The smallest absolute Gasteiger partial charge is 0.455 e. The molecule has 0 aliphatic heterocycles. The van der Waals surface area contributed by atoms with Gasteiger partial charge >= 0.3 is 18.1 Å². The Kier molecular flexibility index (Phi) is 6.88. The maximum atomic E-state index is 12.4. The summed E-state index contributed by atoms with van der Waals surface area (Å²) in [4.78, 5) is 21.9. The van der Waals surface area contributed by atoms with Crippen LogP contribution in [0.3, 0.4) is 0 Å². The lowest BCUT2D eigenvalue weighted by atomic mass is 10.2. The van der Waals surface area contributed by atoms with E-state index in [1.54, 1.807) is 6.92 Å². The van der Waals surface area contributed by atoms with E-state index in [-0.39, 0.29) is 19.4 Å². The lowest BCUT2D eigenvalue weighted by Crippen LogP contribution is -2.41. The Morgan fingerprint density at radius 1 is 1.05 bits per heavy atom. The molecule has 0 aliphatic rings. The van der Waals surface area contributed by atoms with Gasteiger partial charge in [0.15, 0.2) is 5.78 Å². The topological polar surface area (TPSA) is 52.6 Å². The summed E-state index contributed by atoms with van der Waals surface area (Å²) in [5, 5.41) is 0. The molecule has 0 saturated heterocycles. The van der Waals surface area contributed by atoms with Crippen molar-refractivity contribution in [2.45, 2.75) is 31.9 Å². The van der Waals surface area contributed by atoms with Crippen molar-refractivity contribution in [1.82, 2.24) is 0 Å². The molecule has 4 nitrogen and oxygen atoms in total. The van der Waals surface area contributed by atoms with Gasteiger partial charge in [-0.15, -0.1) is 0 Å². The number of Topliss-reactive ketones (excluding diaryl/α,β-unsaturated/α-hetero) is 1. The molecule has 112 valence electrons. The van der Waals surface area contributed by atoms with E-state index in [0.29, 0.717) is 0 Å². The molecule has 0 unspecified atom stereocenters. The first-order valence-corrected chi connectivity index (χ1v) is 5.29. The molecule has 0 aromatic carbocycles. The predicted molar refractivity (Wildman–Crippen MR) is 52.7 cm³/mol. The fraction of sp³-hybridized carbons (Fsp3) is 0.800. The van der Waals surface area contributed by atoms with Crippen molar-refractivity contribution in [3.8, 4) is 0 Å². The first kappa shape index (κ1) is 17.8. The normalized spacial score (nSPS) is 12.3. The second-order valence-electron chi connectivity index (χ2n) is 3.54. The summed E-state index contributed by atoms with van der Waals surface area (Å²) >= 11 is 0. The number of esters is 1. The lowest BCUT2D eigenvalue weighted by Gasteiger charge is -2.18. The highest BCUT2D eigenvalue weighted by atomic mass is 19.4. The van der Waals surface area contributed by atoms with Crippen LogP contribution in [-0.4, -0.2) is 43.7 Å². The summed E-state index contributed by atoms with van der Waals surface area (Å²) in [6, 6.07) is 0. The average Bonchev–Trinajstić information content (AvgIpc) is 2.25. The molecule has 0 rings (SSSR count). The molecule has 0 fully saturated rings. The largest absolute Gasteiger partial charge is 0.466 e. The van der Waals surface area contributed by atoms with E-state index in [9.17, 15) is 31.5 Å². The van der Waals surface area contributed by atoms with Crippen LogP contribution >= 0.6 is 0 Å². The summed E-state index contributed by atoms with van der Waals surface area (Å²) in [6.45, 7) is -1.16. The average molecular weight is 292 g/mol. The highest BCUT2D eigenvalue weighted by molar-refractivity contribution is 5.83. The van der Waals surface area contributed by atoms with E-state index >= 15 is 0 Å². The predicted octanol–water partition coefficient (Wildman–Crippen LogP) is 2.11. The number of ether oxygens (including phenoxy) is 2. The van der Waals surface area contributed by atoms with Crippen molar-refractivity contribution < 1.29 is 41.0 Å². The molecule has 9 heteroatoms. The Bertz CT molecular complexity index is 314. The molecule has 0 aromatic rings. The van der Waals surface area contributed by atoms with Crippen molar-refractivity contribution >= 4 is 11.8 Å². The van der Waals surface area contributed by atoms with Gasteiger partial charge < -0.3 is 9.47 Å². The Labute approximate surface area is 105 Å². The molecule has 0 atom stereocenters. The number of rotatable bonds is 8. The van der Waals surface area contributed by atoms with Crippen molar-refractivity contribution in [2.24, 2.45) is 0 Å². The molecule has 0 amide bonds. The van der Waals surface area contributed by atoms with Crippen LogP contribution in [0.15, 0.2) is 0 Å².